The van der Waals surface area contributed by atoms with Crippen LogP contribution in [0.25, 0.3) is 0 Å². The molecular formula is C9H14N4O4S. The lowest BCUT2D eigenvalue weighted by Crippen LogP contribution is -2.26. The Balaban J connectivity index is 2.67. The number of nitrogens with one attached hydrogen (secondary N) is 2. The molecule has 0 bridgehead atoms. The molecule has 1 aromatic carbocycles. The van der Waals surface area contributed by atoms with Crippen LogP contribution in [0, 0.1) is 10.1 Å². The first kappa shape index (κ1) is 14.2. The molecule has 0 aliphatic carbocycles. The number of nitrogen functional groups attached to an aromatic ring is 1. The second-order valence-electron chi connectivity index (χ2n) is 3.48. The van der Waals surface area contributed by atoms with Crippen molar-refractivity contribution in [1.82, 2.24) is 4.72 Å². The SMILES string of the molecule is CNS(=O)(=O)CCNc1ccc([N+](=O)[O-])cc1N. The molecule has 0 aromatic heterocycles. The standard InChI is InChI=1S/C9H14N4O4S/c1-11-18(16,17)5-4-12-9-3-2-7(13(14)15)6-8(9)10/h2-3,6,11-12H,4-5,10H2,1H3. The van der Waals surface area contributed by atoms with Crippen molar-refractivity contribution in [2.24, 2.45) is 0 Å². The summed E-state index contributed by atoms with van der Waals surface area (Å²) in [7, 11) is -1.96. The van der Waals surface area contributed by atoms with Crippen LogP contribution in [0.1, 0.15) is 0 Å². The van der Waals surface area contributed by atoms with E-state index >= 15 is 0 Å². The fourth-order valence-electron chi connectivity index (χ4n) is 1.25. The maximum atomic E-state index is 11.1. The van der Waals surface area contributed by atoms with Gasteiger partial charge in [-0.3, -0.25) is 10.1 Å². The number of hydrogen-bond acceptors (Lipinski definition) is 6. The molecule has 0 radical (unpaired) electrons. The van der Waals surface area contributed by atoms with E-state index in [2.05, 4.69) is 10.0 Å². The molecule has 0 amide bonds. The quantitative estimate of drug-likeness (QED) is 0.384. The molecule has 0 heterocycles. The molecule has 0 atom stereocenters. The number of anilines is 2. The maximum absolute atomic E-state index is 11.1. The van der Waals surface area contributed by atoms with Crippen LogP contribution in [0.5, 0.6) is 0 Å². The minimum atomic E-state index is -3.29. The van der Waals surface area contributed by atoms with Crippen molar-refractivity contribution in [3.63, 3.8) is 0 Å². The molecule has 0 aliphatic rings. The number of sulfonamides is 1. The Hall–Kier alpha value is -1.87. The van der Waals surface area contributed by atoms with Gasteiger partial charge in [-0.15, -0.1) is 0 Å². The zero-order valence-corrected chi connectivity index (χ0v) is 10.5. The summed E-state index contributed by atoms with van der Waals surface area (Å²) >= 11 is 0. The summed E-state index contributed by atoms with van der Waals surface area (Å²) in [4.78, 5) is 9.94. The minimum absolute atomic E-state index is 0.110. The summed E-state index contributed by atoms with van der Waals surface area (Å²) in [5, 5.41) is 13.3. The largest absolute Gasteiger partial charge is 0.397 e. The Kier molecular flexibility index (Phi) is 4.45. The second-order valence-corrected chi connectivity index (χ2v) is 5.52. The van der Waals surface area contributed by atoms with Crippen LogP contribution < -0.4 is 15.8 Å². The van der Waals surface area contributed by atoms with Gasteiger partial charge in [-0.2, -0.15) is 0 Å². The summed E-state index contributed by atoms with van der Waals surface area (Å²) in [5.74, 6) is -0.111. The first-order chi connectivity index (χ1) is 8.35. The van der Waals surface area contributed by atoms with Crippen LogP contribution in [0.4, 0.5) is 17.1 Å². The zero-order chi connectivity index (χ0) is 13.8. The van der Waals surface area contributed by atoms with Gasteiger partial charge in [0, 0.05) is 18.7 Å². The van der Waals surface area contributed by atoms with Gasteiger partial charge in [0.15, 0.2) is 0 Å². The smallest absolute Gasteiger partial charge is 0.271 e. The molecule has 1 rings (SSSR count). The van der Waals surface area contributed by atoms with E-state index in [1.54, 1.807) is 0 Å². The summed E-state index contributed by atoms with van der Waals surface area (Å²) in [6, 6.07) is 3.96. The van der Waals surface area contributed by atoms with Gasteiger partial charge in [-0.1, -0.05) is 0 Å². The van der Waals surface area contributed by atoms with E-state index in [9.17, 15) is 18.5 Å². The average Bonchev–Trinajstić information content (AvgIpc) is 2.31. The Bertz CT molecular complexity index is 543. The van der Waals surface area contributed by atoms with E-state index in [4.69, 9.17) is 5.73 Å². The van der Waals surface area contributed by atoms with Gasteiger partial charge < -0.3 is 11.1 Å². The third-order valence-electron chi connectivity index (χ3n) is 2.24. The predicted octanol–water partition coefficient (Wildman–Crippen LogP) is 0.138. The van der Waals surface area contributed by atoms with E-state index in [1.165, 1.54) is 25.2 Å². The number of nitro groups is 1. The molecule has 18 heavy (non-hydrogen) atoms. The van der Waals surface area contributed by atoms with Crippen molar-refractivity contribution in [2.45, 2.75) is 0 Å². The Labute approximate surface area is 104 Å². The van der Waals surface area contributed by atoms with Crippen LogP contribution >= 0.6 is 0 Å². The van der Waals surface area contributed by atoms with Crippen molar-refractivity contribution in [3.05, 3.63) is 28.3 Å². The van der Waals surface area contributed by atoms with Crippen LogP contribution in [-0.4, -0.2) is 32.7 Å². The third-order valence-corrected chi connectivity index (χ3v) is 3.61. The molecule has 0 fully saturated rings. The molecule has 4 N–H and O–H groups in total. The molecule has 0 saturated carbocycles. The Morgan fingerprint density at radius 2 is 2.11 bits per heavy atom. The number of nitrogens with zero attached hydrogens (tertiary/aromatic N) is 1. The van der Waals surface area contributed by atoms with E-state index in [-0.39, 0.29) is 23.7 Å². The first-order valence-corrected chi connectivity index (χ1v) is 6.70. The summed E-state index contributed by atoms with van der Waals surface area (Å²) in [6.45, 7) is 0.158. The highest BCUT2D eigenvalue weighted by Gasteiger charge is 2.10. The molecule has 0 aliphatic heterocycles. The molecule has 9 heteroatoms. The lowest BCUT2D eigenvalue weighted by molar-refractivity contribution is -0.384. The number of non-ortho nitro benzene ring substituents is 1. The van der Waals surface area contributed by atoms with Gasteiger partial charge in [0.25, 0.3) is 5.69 Å². The Morgan fingerprint density at radius 1 is 1.44 bits per heavy atom. The topological polar surface area (TPSA) is 127 Å². The fourth-order valence-corrected chi connectivity index (χ4v) is 1.82. The van der Waals surface area contributed by atoms with E-state index in [1.807, 2.05) is 0 Å². The van der Waals surface area contributed by atoms with Crippen molar-refractivity contribution >= 4 is 27.1 Å². The molecule has 1 aromatic rings. The highest BCUT2D eigenvalue weighted by atomic mass is 32.2. The van der Waals surface area contributed by atoms with Gasteiger partial charge in [0.05, 0.1) is 22.1 Å². The highest BCUT2D eigenvalue weighted by molar-refractivity contribution is 7.89. The molecule has 100 valence electrons. The molecular weight excluding hydrogens is 260 g/mol. The third kappa shape index (κ3) is 3.86. The maximum Gasteiger partial charge on any atom is 0.271 e. The summed E-state index contributed by atoms with van der Waals surface area (Å²) in [5.41, 5.74) is 6.16. The fraction of sp³-hybridized carbons (Fsp3) is 0.333. The van der Waals surface area contributed by atoms with Crippen LogP contribution in [0.15, 0.2) is 18.2 Å². The van der Waals surface area contributed by atoms with Crippen molar-refractivity contribution in [1.29, 1.82) is 0 Å². The monoisotopic (exact) mass is 274 g/mol. The van der Waals surface area contributed by atoms with Gasteiger partial charge in [-0.05, 0) is 13.1 Å². The number of nitro benzene ring substituents is 1. The summed E-state index contributed by atoms with van der Waals surface area (Å²) < 4.78 is 24.5. The molecule has 8 nitrogen and oxygen atoms in total. The van der Waals surface area contributed by atoms with E-state index in [0.29, 0.717) is 5.69 Å². The van der Waals surface area contributed by atoms with Crippen molar-refractivity contribution < 1.29 is 13.3 Å². The lowest BCUT2D eigenvalue weighted by Gasteiger charge is -2.09. The van der Waals surface area contributed by atoms with Gasteiger partial charge in [-0.25, -0.2) is 13.1 Å². The van der Waals surface area contributed by atoms with Gasteiger partial charge in [0.1, 0.15) is 0 Å². The number of rotatable bonds is 6. The van der Waals surface area contributed by atoms with E-state index < -0.39 is 14.9 Å². The molecule has 0 unspecified atom stereocenters. The van der Waals surface area contributed by atoms with Crippen LogP contribution in [-0.2, 0) is 10.0 Å². The minimum Gasteiger partial charge on any atom is -0.397 e. The number of benzene rings is 1. The van der Waals surface area contributed by atoms with Gasteiger partial charge in [0.2, 0.25) is 10.0 Å². The zero-order valence-electron chi connectivity index (χ0n) is 9.71. The first-order valence-electron chi connectivity index (χ1n) is 5.05. The van der Waals surface area contributed by atoms with Crippen LogP contribution in [0.2, 0.25) is 0 Å². The van der Waals surface area contributed by atoms with Crippen molar-refractivity contribution in [3.8, 4) is 0 Å². The normalized spacial score (nSPS) is 11.2. The highest BCUT2D eigenvalue weighted by Crippen LogP contribution is 2.23. The van der Waals surface area contributed by atoms with Gasteiger partial charge >= 0.3 is 0 Å². The lowest BCUT2D eigenvalue weighted by atomic mass is 10.2. The van der Waals surface area contributed by atoms with Crippen LogP contribution in [0.3, 0.4) is 0 Å². The van der Waals surface area contributed by atoms with E-state index in [0.717, 1.165) is 0 Å². The number of hydrogen-bond donors (Lipinski definition) is 3. The average molecular weight is 274 g/mol. The Morgan fingerprint density at radius 3 is 2.61 bits per heavy atom. The second kappa shape index (κ2) is 5.65. The van der Waals surface area contributed by atoms with Crippen molar-refractivity contribution in [2.75, 3.05) is 30.4 Å². The molecule has 0 saturated heterocycles. The predicted molar refractivity (Wildman–Crippen MR) is 68.8 cm³/mol. The number of nitrogens with two attached hydrogens (primary N) is 1. The summed E-state index contributed by atoms with van der Waals surface area (Å²) in [6.07, 6.45) is 0. The molecule has 0 spiro atoms.